The highest BCUT2D eigenvalue weighted by molar-refractivity contribution is 7.98. The lowest BCUT2D eigenvalue weighted by atomic mass is 10.2. The Kier molecular flexibility index (Phi) is 7.50. The Labute approximate surface area is 209 Å². The van der Waals surface area contributed by atoms with Crippen LogP contribution in [-0.2, 0) is 21.9 Å². The molecule has 4 aromatic rings. The van der Waals surface area contributed by atoms with E-state index in [0.29, 0.717) is 34.3 Å². The number of hydrogen-bond acceptors (Lipinski definition) is 9. The molecule has 0 aliphatic heterocycles. The molecule has 13 heteroatoms. The first-order chi connectivity index (χ1) is 16.7. The predicted molar refractivity (Wildman–Crippen MR) is 138 cm³/mol. The van der Waals surface area contributed by atoms with E-state index in [9.17, 15) is 18.0 Å². The molecule has 2 N–H and O–H groups in total. The van der Waals surface area contributed by atoms with Crippen molar-refractivity contribution in [3.63, 3.8) is 0 Å². The minimum Gasteiger partial charge on any atom is -0.494 e. The van der Waals surface area contributed by atoms with Crippen molar-refractivity contribution in [1.29, 1.82) is 0 Å². The third-order valence-electron chi connectivity index (χ3n) is 5.20. The Bertz CT molecular complexity index is 1540. The number of amides is 1. The fourth-order valence-electron chi connectivity index (χ4n) is 3.42. The Hall–Kier alpha value is -2.87. The molecule has 1 atom stereocenters. The van der Waals surface area contributed by atoms with Gasteiger partial charge in [-0.3, -0.25) is 9.36 Å². The number of sulfonamides is 1. The van der Waals surface area contributed by atoms with Crippen molar-refractivity contribution in [2.45, 2.75) is 24.3 Å². The number of ether oxygens (including phenoxy) is 1. The fraction of sp³-hybridized carbons (Fsp3) is 0.318. The van der Waals surface area contributed by atoms with Gasteiger partial charge in [0.05, 0.1) is 27.2 Å². The number of thioether (sulfide) groups is 1. The molecule has 0 aliphatic rings. The molecular weight excluding hydrogens is 512 g/mol. The summed E-state index contributed by atoms with van der Waals surface area (Å²) >= 11 is 2.77. The van der Waals surface area contributed by atoms with E-state index in [4.69, 9.17) is 9.15 Å². The highest BCUT2D eigenvalue weighted by Crippen LogP contribution is 2.29. The largest absolute Gasteiger partial charge is 0.494 e. The number of anilines is 1. The molecule has 2 aromatic heterocycles. The molecule has 0 aliphatic carbocycles. The van der Waals surface area contributed by atoms with E-state index in [2.05, 4.69) is 15.0 Å². The number of carbonyl (C=O) groups is 1. The molecule has 2 aromatic carbocycles. The molecule has 0 fully saturated rings. The van der Waals surface area contributed by atoms with Crippen molar-refractivity contribution < 1.29 is 22.4 Å². The van der Waals surface area contributed by atoms with E-state index in [1.165, 1.54) is 52.9 Å². The van der Waals surface area contributed by atoms with Gasteiger partial charge < -0.3 is 14.5 Å². The minimum atomic E-state index is -4.08. The van der Waals surface area contributed by atoms with E-state index in [0.717, 1.165) is 4.70 Å². The monoisotopic (exact) mass is 536 g/mol. The van der Waals surface area contributed by atoms with Gasteiger partial charge in [0.15, 0.2) is 10.7 Å². The van der Waals surface area contributed by atoms with Crippen LogP contribution in [0.15, 0.2) is 50.5 Å². The number of nitrogens with one attached hydrogen (secondary N) is 2. The summed E-state index contributed by atoms with van der Waals surface area (Å²) in [4.78, 5) is 29.1. The molecule has 2 heterocycles. The van der Waals surface area contributed by atoms with Gasteiger partial charge in [-0.25, -0.2) is 18.2 Å². The highest BCUT2D eigenvalue weighted by atomic mass is 32.2. The number of nitrogens with zero attached hydrogens (tertiary/aromatic N) is 2. The van der Waals surface area contributed by atoms with Crippen LogP contribution < -0.4 is 20.5 Å². The summed E-state index contributed by atoms with van der Waals surface area (Å²) in [5.74, 6) is 0.159. The van der Waals surface area contributed by atoms with Gasteiger partial charge >= 0.3 is 5.76 Å². The Morgan fingerprint density at radius 3 is 2.83 bits per heavy atom. The smallest absolute Gasteiger partial charge is 0.419 e. The topological polar surface area (TPSA) is 133 Å². The highest BCUT2D eigenvalue weighted by Gasteiger charge is 2.27. The average molecular weight is 537 g/mol. The minimum absolute atomic E-state index is 0.107. The van der Waals surface area contributed by atoms with Crippen LogP contribution >= 0.6 is 23.1 Å². The third kappa shape index (κ3) is 5.53. The lowest BCUT2D eigenvalue weighted by Crippen LogP contribution is -2.44. The summed E-state index contributed by atoms with van der Waals surface area (Å²) in [5, 5.41) is 3.10. The van der Waals surface area contributed by atoms with Gasteiger partial charge in [0.1, 0.15) is 11.8 Å². The van der Waals surface area contributed by atoms with Crippen molar-refractivity contribution in [1.82, 2.24) is 14.3 Å². The molecule has 10 nitrogen and oxygen atoms in total. The number of benzene rings is 2. The van der Waals surface area contributed by atoms with Crippen LogP contribution in [0.25, 0.3) is 21.3 Å². The van der Waals surface area contributed by atoms with E-state index < -0.39 is 27.7 Å². The van der Waals surface area contributed by atoms with Gasteiger partial charge in [0, 0.05) is 13.1 Å². The standard InChI is InChI=1S/C22H24N4O6S3/c1-4-31-13-5-7-15-19(11-13)34-21(23-15)24-20(27)16(9-10-33-3)25-35(29,30)14-6-8-17-18(12-14)32-22(28)26(17)2/h5-8,11-12,16,25H,4,9-10H2,1-3H3,(H,23,24,27)/t16-/m1/s1. The summed E-state index contributed by atoms with van der Waals surface area (Å²) in [5.41, 5.74) is 1.31. The Morgan fingerprint density at radius 2 is 2.09 bits per heavy atom. The summed E-state index contributed by atoms with van der Waals surface area (Å²) in [6.45, 7) is 2.43. The van der Waals surface area contributed by atoms with Crippen LogP contribution in [0.5, 0.6) is 5.75 Å². The first-order valence-corrected chi connectivity index (χ1v) is 14.4. The summed E-state index contributed by atoms with van der Waals surface area (Å²) in [7, 11) is -2.55. The second-order valence-corrected chi connectivity index (χ2v) is 11.3. The molecule has 0 unspecified atom stereocenters. The quantitative estimate of drug-likeness (QED) is 0.316. The van der Waals surface area contributed by atoms with Crippen molar-refractivity contribution in [3.05, 3.63) is 46.9 Å². The maximum absolute atomic E-state index is 13.1. The van der Waals surface area contributed by atoms with Crippen LogP contribution in [0.3, 0.4) is 0 Å². The van der Waals surface area contributed by atoms with Crippen LogP contribution in [0.1, 0.15) is 13.3 Å². The number of aryl methyl sites for hydroxylation is 1. The number of thiazole rings is 1. The first-order valence-electron chi connectivity index (χ1n) is 10.7. The SMILES string of the molecule is CCOc1ccc2nc(NC(=O)[C@@H](CCSC)NS(=O)(=O)c3ccc4c(c3)oc(=O)n4C)sc2c1. The first kappa shape index (κ1) is 25.2. The normalized spacial score (nSPS) is 12.8. The molecular formula is C22H24N4O6S3. The van der Waals surface area contributed by atoms with Gasteiger partial charge in [-0.15, -0.1) is 0 Å². The molecule has 0 saturated carbocycles. The molecule has 0 spiro atoms. The Balaban J connectivity index is 1.55. The second-order valence-electron chi connectivity index (χ2n) is 7.58. The van der Waals surface area contributed by atoms with E-state index >= 15 is 0 Å². The van der Waals surface area contributed by atoms with E-state index in [-0.39, 0.29) is 16.9 Å². The predicted octanol–water partition coefficient (Wildman–Crippen LogP) is 3.18. The lowest BCUT2D eigenvalue weighted by Gasteiger charge is -2.17. The van der Waals surface area contributed by atoms with Crippen LogP contribution in [0, 0.1) is 0 Å². The number of fused-ring (bicyclic) bond motifs is 2. The number of aromatic nitrogens is 2. The van der Waals surface area contributed by atoms with Gasteiger partial charge in [-0.2, -0.15) is 16.5 Å². The number of hydrogen-bond donors (Lipinski definition) is 2. The summed E-state index contributed by atoms with van der Waals surface area (Å²) < 4.78 is 41.4. The maximum atomic E-state index is 13.1. The van der Waals surface area contributed by atoms with Crippen molar-refractivity contribution in [3.8, 4) is 5.75 Å². The van der Waals surface area contributed by atoms with E-state index in [1.807, 2.05) is 19.2 Å². The molecule has 0 saturated heterocycles. The molecule has 1 amide bonds. The average Bonchev–Trinajstić information content (AvgIpc) is 3.35. The second kappa shape index (κ2) is 10.4. The fourth-order valence-corrected chi connectivity index (χ4v) is 6.04. The maximum Gasteiger partial charge on any atom is 0.419 e. The van der Waals surface area contributed by atoms with Crippen molar-refractivity contribution in [2.75, 3.05) is 23.9 Å². The van der Waals surface area contributed by atoms with Crippen molar-refractivity contribution in [2.24, 2.45) is 7.05 Å². The molecule has 0 radical (unpaired) electrons. The van der Waals surface area contributed by atoms with Gasteiger partial charge in [-0.1, -0.05) is 11.3 Å². The third-order valence-corrected chi connectivity index (χ3v) is 8.25. The number of carbonyl (C=O) groups excluding carboxylic acids is 1. The van der Waals surface area contributed by atoms with E-state index in [1.54, 1.807) is 12.1 Å². The lowest BCUT2D eigenvalue weighted by molar-refractivity contribution is -0.117. The Morgan fingerprint density at radius 1 is 1.29 bits per heavy atom. The molecule has 186 valence electrons. The summed E-state index contributed by atoms with van der Waals surface area (Å²) in [6, 6.07) is 8.55. The van der Waals surface area contributed by atoms with Crippen LogP contribution in [-0.4, -0.2) is 48.5 Å². The van der Waals surface area contributed by atoms with Crippen LogP contribution in [0.2, 0.25) is 0 Å². The van der Waals surface area contributed by atoms with Gasteiger partial charge in [-0.05, 0) is 55.7 Å². The zero-order valence-corrected chi connectivity index (χ0v) is 21.7. The molecule has 0 bridgehead atoms. The molecule has 35 heavy (non-hydrogen) atoms. The van der Waals surface area contributed by atoms with Gasteiger partial charge in [0.2, 0.25) is 15.9 Å². The zero-order chi connectivity index (χ0) is 25.2. The number of oxazole rings is 1. The summed E-state index contributed by atoms with van der Waals surface area (Å²) in [6.07, 6.45) is 2.15. The van der Waals surface area contributed by atoms with Crippen molar-refractivity contribution >= 4 is 65.5 Å². The van der Waals surface area contributed by atoms with Gasteiger partial charge in [0.25, 0.3) is 0 Å². The van der Waals surface area contributed by atoms with Crippen LogP contribution in [0.4, 0.5) is 5.13 Å². The molecule has 4 rings (SSSR count). The number of rotatable bonds is 10. The zero-order valence-electron chi connectivity index (χ0n) is 19.2.